The molecular formula is H4MnNaO6PV. The second-order valence-electron chi connectivity index (χ2n) is 0.588. The molecule has 0 aliphatic carbocycles. The zero-order chi connectivity index (χ0) is 7.21. The van der Waals surface area contributed by atoms with Crippen LogP contribution in [-0.2, 0) is 45.2 Å². The molecule has 0 aromatic carbocycles. The van der Waals surface area contributed by atoms with Crippen LogP contribution in [0.2, 0.25) is 0 Å². The predicted octanol–water partition coefficient (Wildman–Crippen LogP) is -4.05. The molecule has 0 aliphatic heterocycles. The third kappa shape index (κ3) is 232. The van der Waals surface area contributed by atoms with Crippen LogP contribution in [0, 0.1) is 0 Å². The molecule has 0 unspecified atom stereocenters. The van der Waals surface area contributed by atoms with Gasteiger partial charge in [0.1, 0.15) is 0 Å². The van der Waals surface area contributed by atoms with Crippen LogP contribution in [0.15, 0.2) is 0 Å². The summed E-state index contributed by atoms with van der Waals surface area (Å²) in [5.74, 6) is 0. The fraction of sp³-hybridized carbons (Fsp3) is 0. The van der Waals surface area contributed by atoms with Crippen LogP contribution < -0.4 is 29.6 Å². The molecule has 58 valence electrons. The maximum absolute atomic E-state index is 8.88. The molecule has 0 aromatic rings. The van der Waals surface area contributed by atoms with Crippen LogP contribution in [0.3, 0.4) is 0 Å². The summed E-state index contributed by atoms with van der Waals surface area (Å²) in [6, 6.07) is 0. The van der Waals surface area contributed by atoms with Gasteiger partial charge in [-0.15, -0.1) is 0 Å². The fourth-order valence-corrected chi connectivity index (χ4v) is 0. The first-order chi connectivity index (χ1) is 3.41. The molecule has 0 heterocycles. The number of hydrogen-bond donors (Lipinski definition) is 3. The molecule has 0 atom stereocenters. The van der Waals surface area contributed by atoms with Crippen molar-refractivity contribution >= 4 is 7.82 Å². The van der Waals surface area contributed by atoms with Crippen molar-refractivity contribution in [1.29, 1.82) is 0 Å². The van der Waals surface area contributed by atoms with Gasteiger partial charge in [-0.05, 0) is 0 Å². The zero-order valence-corrected chi connectivity index (χ0v) is 10.3. The van der Waals surface area contributed by atoms with Crippen molar-refractivity contribution in [2.24, 2.45) is 0 Å². The quantitative estimate of drug-likeness (QED) is 0.302. The molecule has 0 rings (SSSR count). The second kappa shape index (κ2) is 13.4. The van der Waals surface area contributed by atoms with E-state index in [1.165, 1.54) is 0 Å². The summed E-state index contributed by atoms with van der Waals surface area (Å²) in [5.41, 5.74) is 0. The van der Waals surface area contributed by atoms with Crippen LogP contribution in [0.4, 0.5) is 0 Å². The van der Waals surface area contributed by atoms with E-state index in [-0.39, 0.29) is 48.1 Å². The van der Waals surface area contributed by atoms with Crippen LogP contribution in [0.5, 0.6) is 0 Å². The molecule has 10 heteroatoms. The maximum atomic E-state index is 8.88. The van der Waals surface area contributed by atoms with Gasteiger partial charge in [-0.3, -0.25) is 0 Å². The molecule has 0 spiro atoms. The minimum absolute atomic E-state index is 0. The first-order valence-electron chi connectivity index (χ1n) is 1.15. The van der Waals surface area contributed by atoms with E-state index >= 15 is 0 Å². The molecule has 0 amide bonds. The first kappa shape index (κ1) is 22.6. The standard InChI is InChI=1S/Mn.Na.H3O4P.2O.V.H/c;;1-5(2,3)4;;;;/h;;(H3,1,2,3,4);;;;/q;+1;;;;;-1. The Kier molecular flexibility index (Phi) is 30.3. The van der Waals surface area contributed by atoms with Crippen molar-refractivity contribution in [1.82, 2.24) is 0 Å². The third-order valence-corrected chi connectivity index (χ3v) is 0. The van der Waals surface area contributed by atoms with Gasteiger partial charge in [-0.2, -0.15) is 0 Å². The van der Waals surface area contributed by atoms with Crippen molar-refractivity contribution in [3.05, 3.63) is 0 Å². The average Bonchev–Trinajstić information content (AvgIpc) is 1.27. The second-order valence-corrected chi connectivity index (χ2v) is 1.85. The Hall–Kier alpha value is 1.81. The summed E-state index contributed by atoms with van der Waals surface area (Å²) in [6.07, 6.45) is 0. The van der Waals surface area contributed by atoms with Crippen LogP contribution in [-0.4, -0.2) is 14.7 Å². The average molecular weight is 260 g/mol. The molecular weight excluding hydrogens is 256 g/mol. The fourth-order valence-electron chi connectivity index (χ4n) is 0. The molecule has 0 saturated heterocycles. The van der Waals surface area contributed by atoms with E-state index in [4.69, 9.17) is 26.6 Å². The summed E-state index contributed by atoms with van der Waals surface area (Å²) in [7, 11) is -4.64. The van der Waals surface area contributed by atoms with E-state index in [2.05, 4.69) is 0 Å². The van der Waals surface area contributed by atoms with Gasteiger partial charge in [-0.25, -0.2) is 4.57 Å². The Morgan fingerprint density at radius 1 is 1.20 bits per heavy atom. The predicted molar refractivity (Wildman–Crippen MR) is 16.7 cm³/mol. The Balaban J connectivity index is -0.0000000183. The van der Waals surface area contributed by atoms with E-state index in [9.17, 15) is 0 Å². The SMILES string of the molecule is O=P(O)(O)O.[H-].[Mn].[Na+].[O]=[V]=[O]. The van der Waals surface area contributed by atoms with Gasteiger partial charge in [0.25, 0.3) is 0 Å². The van der Waals surface area contributed by atoms with Crippen molar-refractivity contribution in [3.63, 3.8) is 0 Å². The topological polar surface area (TPSA) is 112 Å². The Labute approximate surface area is 97.8 Å². The van der Waals surface area contributed by atoms with E-state index in [1.54, 1.807) is 0 Å². The molecule has 0 saturated carbocycles. The molecule has 0 aromatic heterocycles. The Morgan fingerprint density at radius 3 is 1.20 bits per heavy atom. The van der Waals surface area contributed by atoms with E-state index in [0.29, 0.717) is 0 Å². The monoisotopic (exact) mass is 260 g/mol. The molecule has 6 nitrogen and oxygen atoms in total. The van der Waals surface area contributed by atoms with Crippen molar-refractivity contribution < 1.29 is 90.8 Å². The van der Waals surface area contributed by atoms with Crippen molar-refractivity contribution in [2.75, 3.05) is 0 Å². The van der Waals surface area contributed by atoms with Gasteiger partial charge in [-0.1, -0.05) is 0 Å². The molecule has 3 N–H and O–H groups in total. The molecule has 0 bridgehead atoms. The summed E-state index contributed by atoms with van der Waals surface area (Å²) >= 11 is -1.81. The van der Waals surface area contributed by atoms with Crippen LogP contribution >= 0.6 is 7.82 Å². The Bertz CT molecular complexity index is 120. The van der Waals surface area contributed by atoms with Gasteiger partial charge < -0.3 is 16.1 Å². The third-order valence-electron chi connectivity index (χ3n) is 0. The summed E-state index contributed by atoms with van der Waals surface area (Å²) in [4.78, 5) is 21.6. The minimum atomic E-state index is -4.64. The van der Waals surface area contributed by atoms with Gasteiger partial charge in [0.15, 0.2) is 0 Å². The molecule has 0 fully saturated rings. The van der Waals surface area contributed by atoms with Gasteiger partial charge >= 0.3 is 60.9 Å². The van der Waals surface area contributed by atoms with E-state index in [1.807, 2.05) is 0 Å². The first-order valence-corrected chi connectivity index (χ1v) is 3.85. The number of hydrogen-bond acceptors (Lipinski definition) is 3. The normalized spacial score (nSPS) is 6.70. The summed E-state index contributed by atoms with van der Waals surface area (Å²) in [5, 5.41) is 0. The number of rotatable bonds is 0. The van der Waals surface area contributed by atoms with Crippen molar-refractivity contribution in [2.45, 2.75) is 0 Å². The van der Waals surface area contributed by atoms with Crippen LogP contribution in [0.1, 0.15) is 1.43 Å². The van der Waals surface area contributed by atoms with Gasteiger partial charge in [0.05, 0.1) is 0 Å². The summed E-state index contributed by atoms with van der Waals surface area (Å²) in [6.45, 7) is 0. The molecule has 1 radical (unpaired) electrons. The zero-order valence-electron chi connectivity index (χ0n) is 5.84. The van der Waals surface area contributed by atoms with Gasteiger partial charge in [0.2, 0.25) is 0 Å². The molecule has 0 aliphatic rings. The van der Waals surface area contributed by atoms with Crippen LogP contribution in [0.25, 0.3) is 0 Å². The van der Waals surface area contributed by atoms with Crippen molar-refractivity contribution in [3.8, 4) is 0 Å². The number of phosphoric acid groups is 1. The van der Waals surface area contributed by atoms with E-state index in [0.717, 1.165) is 0 Å². The van der Waals surface area contributed by atoms with Gasteiger partial charge in [0, 0.05) is 17.1 Å². The summed E-state index contributed by atoms with van der Waals surface area (Å²) < 4.78 is 25.8. The molecule has 10 heavy (non-hydrogen) atoms. The Morgan fingerprint density at radius 2 is 1.20 bits per heavy atom. The van der Waals surface area contributed by atoms with E-state index < -0.39 is 24.0 Å².